The van der Waals surface area contributed by atoms with Crippen molar-refractivity contribution in [2.75, 3.05) is 49.6 Å². The van der Waals surface area contributed by atoms with Gasteiger partial charge in [0.25, 0.3) is 0 Å². The molecule has 1 atom stereocenters. The fourth-order valence-corrected chi connectivity index (χ4v) is 8.36. The van der Waals surface area contributed by atoms with E-state index in [2.05, 4.69) is 73.6 Å². The summed E-state index contributed by atoms with van der Waals surface area (Å²) < 4.78 is 5.57. The van der Waals surface area contributed by atoms with Crippen LogP contribution >= 0.6 is 23.5 Å². The second-order valence-electron chi connectivity index (χ2n) is 10.8. The van der Waals surface area contributed by atoms with Crippen LogP contribution in [0.3, 0.4) is 0 Å². The summed E-state index contributed by atoms with van der Waals surface area (Å²) in [5.74, 6) is 0. The van der Waals surface area contributed by atoms with Crippen LogP contribution in [0, 0.1) is 0 Å². The van der Waals surface area contributed by atoms with Gasteiger partial charge in [-0.05, 0) is 61.3 Å². The second-order valence-corrected chi connectivity index (χ2v) is 12.9. The van der Waals surface area contributed by atoms with Gasteiger partial charge in [0.05, 0.1) is 18.9 Å². The number of aromatic nitrogens is 2. The lowest BCUT2D eigenvalue weighted by atomic mass is 10.0. The lowest BCUT2D eigenvalue weighted by Gasteiger charge is -2.34. The highest BCUT2D eigenvalue weighted by atomic mass is 32.2. The quantitative estimate of drug-likeness (QED) is 0.254. The molecule has 2 N–H and O–H groups in total. The Kier molecular flexibility index (Phi) is 7.76. The minimum atomic E-state index is -0.0779. The van der Waals surface area contributed by atoms with Crippen molar-refractivity contribution in [1.82, 2.24) is 14.9 Å². The SMILES string of the molecule is O=c1cc(N2CCOCC2)c(-c2cccc3c2Sc2ccc(NC4CCCN(Cc5ccncc5)C4)cc2S3)c[nH]1. The van der Waals surface area contributed by atoms with E-state index >= 15 is 0 Å². The summed E-state index contributed by atoms with van der Waals surface area (Å²) in [5, 5.41) is 3.83. The van der Waals surface area contributed by atoms with Crippen LogP contribution in [-0.2, 0) is 11.3 Å². The molecule has 41 heavy (non-hydrogen) atoms. The van der Waals surface area contributed by atoms with Gasteiger partial charge in [0, 0.05) is 93.3 Å². The van der Waals surface area contributed by atoms with Gasteiger partial charge in [0.2, 0.25) is 5.56 Å². The molecule has 1 unspecified atom stereocenters. The zero-order valence-corrected chi connectivity index (χ0v) is 24.5. The predicted octanol–water partition coefficient (Wildman–Crippen LogP) is 5.97. The molecule has 5 heterocycles. The van der Waals surface area contributed by atoms with Gasteiger partial charge in [-0.3, -0.25) is 14.7 Å². The number of anilines is 2. The molecule has 4 aromatic rings. The molecule has 0 aliphatic carbocycles. The number of ether oxygens (including phenoxy) is 1. The van der Waals surface area contributed by atoms with Crippen LogP contribution in [0.4, 0.5) is 11.4 Å². The zero-order valence-electron chi connectivity index (χ0n) is 22.8. The molecule has 2 aromatic heterocycles. The molecular formula is C32H33N5O2S2. The van der Waals surface area contributed by atoms with Crippen LogP contribution in [0.1, 0.15) is 18.4 Å². The summed E-state index contributed by atoms with van der Waals surface area (Å²) in [7, 11) is 0. The van der Waals surface area contributed by atoms with E-state index in [0.29, 0.717) is 19.3 Å². The number of hydrogen-bond donors (Lipinski definition) is 2. The standard InChI is InChI=1S/C32H33N5O2S2/c38-31-18-27(37-13-15-39-16-14-37)26(19-34-31)25-4-1-5-29-32(25)41-28-7-6-23(17-30(28)40-29)35-24-3-2-12-36(21-24)20-22-8-10-33-11-9-22/h1,4-11,17-19,24,35H,2-3,12-16,20-21H2,(H,34,38). The highest BCUT2D eigenvalue weighted by molar-refractivity contribution is 8.05. The van der Waals surface area contributed by atoms with Gasteiger partial charge in [-0.25, -0.2) is 0 Å². The first-order valence-corrected chi connectivity index (χ1v) is 15.9. The first kappa shape index (κ1) is 26.6. The molecule has 2 aromatic carbocycles. The molecule has 7 rings (SSSR count). The van der Waals surface area contributed by atoms with Crippen LogP contribution in [0.5, 0.6) is 0 Å². The smallest absolute Gasteiger partial charge is 0.250 e. The third-order valence-electron chi connectivity index (χ3n) is 7.93. The van der Waals surface area contributed by atoms with Crippen molar-refractivity contribution in [3.8, 4) is 11.1 Å². The maximum absolute atomic E-state index is 12.3. The van der Waals surface area contributed by atoms with Crippen molar-refractivity contribution in [2.45, 2.75) is 45.0 Å². The first-order valence-electron chi connectivity index (χ1n) is 14.3. The molecule has 2 saturated heterocycles. The van der Waals surface area contributed by atoms with Crippen molar-refractivity contribution in [1.29, 1.82) is 0 Å². The Hall–Kier alpha value is -3.24. The minimum Gasteiger partial charge on any atom is -0.381 e. The first-order chi connectivity index (χ1) is 20.2. The van der Waals surface area contributed by atoms with Crippen molar-refractivity contribution in [3.63, 3.8) is 0 Å². The summed E-state index contributed by atoms with van der Waals surface area (Å²) in [6.07, 6.45) is 8.01. The van der Waals surface area contributed by atoms with Gasteiger partial charge in [-0.2, -0.15) is 0 Å². The van der Waals surface area contributed by atoms with Crippen LogP contribution < -0.4 is 15.8 Å². The van der Waals surface area contributed by atoms with E-state index in [1.54, 1.807) is 6.07 Å². The number of nitrogens with zero attached hydrogens (tertiary/aromatic N) is 3. The molecule has 0 radical (unpaired) electrons. The van der Waals surface area contributed by atoms with Crippen molar-refractivity contribution < 1.29 is 4.74 Å². The minimum absolute atomic E-state index is 0.0779. The predicted molar refractivity (Wildman–Crippen MR) is 166 cm³/mol. The number of rotatable bonds is 6. The van der Waals surface area contributed by atoms with Gasteiger partial charge in [0.1, 0.15) is 0 Å². The number of fused-ring (bicyclic) bond motifs is 2. The highest BCUT2D eigenvalue weighted by Gasteiger charge is 2.25. The summed E-state index contributed by atoms with van der Waals surface area (Å²) in [5.41, 5.74) is 5.62. The number of piperidine rings is 1. The Bertz CT molecular complexity index is 1590. The number of likely N-dealkylation sites (tertiary alicyclic amines) is 1. The Balaban J connectivity index is 1.10. The molecule has 0 bridgehead atoms. The molecule has 7 nitrogen and oxygen atoms in total. The number of H-pyrrole nitrogens is 1. The van der Waals surface area contributed by atoms with E-state index in [-0.39, 0.29) is 5.56 Å². The lowest BCUT2D eigenvalue weighted by molar-refractivity contribution is 0.122. The zero-order chi connectivity index (χ0) is 27.6. The number of pyridine rings is 2. The molecule has 3 aliphatic heterocycles. The van der Waals surface area contributed by atoms with E-state index < -0.39 is 0 Å². The molecule has 3 aliphatic rings. The summed E-state index contributed by atoms with van der Waals surface area (Å²) >= 11 is 3.65. The number of hydrogen-bond acceptors (Lipinski definition) is 8. The van der Waals surface area contributed by atoms with Crippen molar-refractivity contribution in [2.24, 2.45) is 0 Å². The third kappa shape index (κ3) is 5.90. The van der Waals surface area contributed by atoms with Gasteiger partial charge >= 0.3 is 0 Å². The van der Waals surface area contributed by atoms with Crippen LogP contribution in [0.2, 0.25) is 0 Å². The van der Waals surface area contributed by atoms with E-state index in [4.69, 9.17) is 4.74 Å². The number of morpholine rings is 1. The Morgan fingerprint density at radius 3 is 2.71 bits per heavy atom. The van der Waals surface area contributed by atoms with Gasteiger partial charge in [0.15, 0.2) is 0 Å². The van der Waals surface area contributed by atoms with Gasteiger partial charge in [-0.1, -0.05) is 35.7 Å². The van der Waals surface area contributed by atoms with E-state index in [1.807, 2.05) is 42.1 Å². The summed E-state index contributed by atoms with van der Waals surface area (Å²) in [4.78, 5) is 29.2. The maximum Gasteiger partial charge on any atom is 0.250 e. The summed E-state index contributed by atoms with van der Waals surface area (Å²) in [6.45, 7) is 6.08. The van der Waals surface area contributed by atoms with Crippen LogP contribution in [0.25, 0.3) is 11.1 Å². The van der Waals surface area contributed by atoms with E-state index in [0.717, 1.165) is 49.5 Å². The number of benzene rings is 2. The van der Waals surface area contributed by atoms with E-state index in [9.17, 15) is 4.79 Å². The molecular weight excluding hydrogens is 551 g/mol. The average molecular weight is 584 g/mol. The van der Waals surface area contributed by atoms with E-state index in [1.165, 1.54) is 43.7 Å². The fraction of sp³-hybridized carbons (Fsp3) is 0.312. The Labute approximate surface area is 248 Å². The molecule has 2 fully saturated rings. The summed E-state index contributed by atoms with van der Waals surface area (Å²) in [6, 6.07) is 19.7. The van der Waals surface area contributed by atoms with Crippen LogP contribution in [-0.4, -0.2) is 60.3 Å². The third-order valence-corrected chi connectivity index (χ3v) is 10.5. The molecule has 0 amide bonds. The Morgan fingerprint density at radius 1 is 0.951 bits per heavy atom. The Morgan fingerprint density at radius 2 is 1.83 bits per heavy atom. The fourth-order valence-electron chi connectivity index (χ4n) is 5.95. The molecule has 0 saturated carbocycles. The largest absolute Gasteiger partial charge is 0.381 e. The topological polar surface area (TPSA) is 73.5 Å². The second kappa shape index (κ2) is 11.9. The number of nitrogens with one attached hydrogen (secondary N) is 2. The van der Waals surface area contributed by atoms with Gasteiger partial charge < -0.3 is 19.9 Å². The molecule has 0 spiro atoms. The molecule has 9 heteroatoms. The van der Waals surface area contributed by atoms with Crippen LogP contribution in [0.15, 0.2) is 97.6 Å². The van der Waals surface area contributed by atoms with Crippen molar-refractivity contribution in [3.05, 3.63) is 89.1 Å². The van der Waals surface area contributed by atoms with Crippen molar-refractivity contribution >= 4 is 34.9 Å². The normalized spacial score (nSPS) is 18.9. The average Bonchev–Trinajstić information content (AvgIpc) is 3.01. The molecule has 210 valence electrons. The number of aromatic amines is 1. The highest BCUT2D eigenvalue weighted by Crippen LogP contribution is 2.53. The maximum atomic E-state index is 12.3. The monoisotopic (exact) mass is 583 g/mol. The lowest BCUT2D eigenvalue weighted by Crippen LogP contribution is -2.41. The van der Waals surface area contributed by atoms with Gasteiger partial charge in [-0.15, -0.1) is 0 Å².